The average Bonchev–Trinajstić information content (AvgIpc) is 2.45. The van der Waals surface area contributed by atoms with Gasteiger partial charge < -0.3 is 10.4 Å². The molecule has 1 aromatic heterocycles. The van der Waals surface area contributed by atoms with Crippen LogP contribution < -0.4 is 5.32 Å². The predicted molar refractivity (Wildman–Crippen MR) is 74.7 cm³/mol. The van der Waals surface area contributed by atoms with Gasteiger partial charge in [0, 0.05) is 18.3 Å². The first-order chi connectivity index (χ1) is 9.53. The maximum atomic E-state index is 12.0. The van der Waals surface area contributed by atoms with Crippen LogP contribution in [0.25, 0.3) is 0 Å². The molecule has 0 atom stereocenters. The van der Waals surface area contributed by atoms with E-state index in [-0.39, 0.29) is 17.6 Å². The number of aliphatic carboxylic acids is 1. The van der Waals surface area contributed by atoms with Gasteiger partial charge in [0.15, 0.2) is 0 Å². The molecule has 6 heteroatoms. The number of hydrogen-bond acceptors (Lipinski definition) is 3. The van der Waals surface area contributed by atoms with Crippen LogP contribution in [0.5, 0.6) is 0 Å². The molecule has 1 saturated carbocycles. The summed E-state index contributed by atoms with van der Waals surface area (Å²) in [6.45, 7) is 0.154. The zero-order valence-corrected chi connectivity index (χ0v) is 11.8. The first-order valence-corrected chi connectivity index (χ1v) is 7.04. The lowest BCUT2D eigenvalue weighted by molar-refractivity contribution is -0.150. The highest BCUT2D eigenvalue weighted by Gasteiger charge is 2.39. The molecule has 108 valence electrons. The summed E-state index contributed by atoms with van der Waals surface area (Å²) in [5, 5.41) is 12.4. The molecule has 0 unspecified atom stereocenters. The molecular weight excluding hydrogens is 280 g/mol. The van der Waals surface area contributed by atoms with Crippen molar-refractivity contribution in [2.45, 2.75) is 32.1 Å². The summed E-state index contributed by atoms with van der Waals surface area (Å²) >= 11 is 5.73. The number of carboxylic acids is 1. The average molecular weight is 297 g/mol. The van der Waals surface area contributed by atoms with Gasteiger partial charge in [-0.2, -0.15) is 0 Å². The molecule has 0 bridgehead atoms. The van der Waals surface area contributed by atoms with Crippen molar-refractivity contribution in [3.8, 4) is 0 Å². The summed E-state index contributed by atoms with van der Waals surface area (Å²) in [4.78, 5) is 27.3. The summed E-state index contributed by atoms with van der Waals surface area (Å²) in [5.74, 6) is -1.15. The largest absolute Gasteiger partial charge is 0.481 e. The van der Waals surface area contributed by atoms with E-state index in [0.29, 0.717) is 18.4 Å². The first kappa shape index (κ1) is 14.8. The fraction of sp³-hybridized carbons (Fsp3) is 0.500. The molecule has 0 spiro atoms. The van der Waals surface area contributed by atoms with Gasteiger partial charge in [0.25, 0.3) is 5.91 Å². The lowest BCUT2D eigenvalue weighted by Crippen LogP contribution is -2.44. The number of nitrogens with zero attached hydrogens (tertiary/aromatic N) is 1. The number of rotatable bonds is 4. The SMILES string of the molecule is O=C(NCC1(C(=O)O)CCCCC1)c1ccnc(Cl)c1. The smallest absolute Gasteiger partial charge is 0.311 e. The number of amides is 1. The van der Waals surface area contributed by atoms with E-state index in [9.17, 15) is 14.7 Å². The lowest BCUT2D eigenvalue weighted by atomic mass is 9.74. The lowest BCUT2D eigenvalue weighted by Gasteiger charge is -2.33. The zero-order chi connectivity index (χ0) is 14.6. The molecular formula is C14H17ClN2O3. The van der Waals surface area contributed by atoms with Crippen LogP contribution in [0.1, 0.15) is 42.5 Å². The molecule has 0 aliphatic heterocycles. The van der Waals surface area contributed by atoms with E-state index >= 15 is 0 Å². The molecule has 0 aromatic carbocycles. The van der Waals surface area contributed by atoms with Gasteiger partial charge in [-0.1, -0.05) is 30.9 Å². The molecule has 1 fully saturated rings. The van der Waals surface area contributed by atoms with E-state index in [2.05, 4.69) is 10.3 Å². The molecule has 1 aliphatic rings. The minimum Gasteiger partial charge on any atom is -0.481 e. The van der Waals surface area contributed by atoms with Crippen molar-refractivity contribution in [2.24, 2.45) is 5.41 Å². The second-order valence-corrected chi connectivity index (χ2v) is 5.58. The first-order valence-electron chi connectivity index (χ1n) is 6.67. The Bertz CT molecular complexity index is 513. The normalized spacial score (nSPS) is 17.4. The van der Waals surface area contributed by atoms with Gasteiger partial charge in [0.05, 0.1) is 5.41 Å². The summed E-state index contributed by atoms with van der Waals surface area (Å²) in [6.07, 6.45) is 5.51. The number of carbonyl (C=O) groups is 2. The van der Waals surface area contributed by atoms with Crippen LogP contribution in [-0.2, 0) is 4.79 Å². The van der Waals surface area contributed by atoms with Crippen molar-refractivity contribution < 1.29 is 14.7 Å². The van der Waals surface area contributed by atoms with Crippen molar-refractivity contribution in [2.75, 3.05) is 6.54 Å². The second-order valence-electron chi connectivity index (χ2n) is 5.20. The van der Waals surface area contributed by atoms with Gasteiger partial charge in [-0.05, 0) is 25.0 Å². The molecule has 2 N–H and O–H groups in total. The molecule has 1 heterocycles. The molecule has 20 heavy (non-hydrogen) atoms. The maximum Gasteiger partial charge on any atom is 0.311 e. The molecule has 1 aliphatic carbocycles. The van der Waals surface area contributed by atoms with Gasteiger partial charge >= 0.3 is 5.97 Å². The quantitative estimate of drug-likeness (QED) is 0.837. The predicted octanol–water partition coefficient (Wildman–Crippen LogP) is 2.50. The van der Waals surface area contributed by atoms with Crippen molar-refractivity contribution in [3.05, 3.63) is 29.0 Å². The monoisotopic (exact) mass is 296 g/mol. The Labute approximate surface area is 122 Å². The van der Waals surface area contributed by atoms with Crippen LogP contribution in [0.3, 0.4) is 0 Å². The number of hydrogen-bond donors (Lipinski definition) is 2. The van der Waals surface area contributed by atoms with Crippen LogP contribution >= 0.6 is 11.6 Å². The summed E-state index contributed by atoms with van der Waals surface area (Å²) in [6, 6.07) is 3.01. The van der Waals surface area contributed by atoms with E-state index in [1.165, 1.54) is 12.3 Å². The van der Waals surface area contributed by atoms with E-state index in [1.807, 2.05) is 0 Å². The maximum absolute atomic E-state index is 12.0. The number of pyridine rings is 1. The Morgan fingerprint density at radius 2 is 2.05 bits per heavy atom. The third-order valence-corrected chi connectivity index (χ3v) is 4.05. The number of carbonyl (C=O) groups excluding carboxylic acids is 1. The van der Waals surface area contributed by atoms with Gasteiger partial charge in [-0.25, -0.2) is 4.98 Å². The Hall–Kier alpha value is -1.62. The molecule has 0 saturated heterocycles. The van der Waals surface area contributed by atoms with Crippen LogP contribution in [0.2, 0.25) is 5.15 Å². The Morgan fingerprint density at radius 3 is 2.65 bits per heavy atom. The second kappa shape index (κ2) is 6.22. The topological polar surface area (TPSA) is 79.3 Å². The van der Waals surface area contributed by atoms with E-state index in [4.69, 9.17) is 11.6 Å². The highest BCUT2D eigenvalue weighted by molar-refractivity contribution is 6.29. The van der Waals surface area contributed by atoms with Crippen molar-refractivity contribution >= 4 is 23.5 Å². The van der Waals surface area contributed by atoms with Crippen molar-refractivity contribution in [1.29, 1.82) is 0 Å². The minimum absolute atomic E-state index is 0.154. The third kappa shape index (κ3) is 3.28. The third-order valence-electron chi connectivity index (χ3n) is 3.84. The fourth-order valence-electron chi connectivity index (χ4n) is 2.59. The molecule has 0 radical (unpaired) electrons. The van der Waals surface area contributed by atoms with Crippen LogP contribution in [-0.4, -0.2) is 28.5 Å². The van der Waals surface area contributed by atoms with Crippen LogP contribution in [0.15, 0.2) is 18.3 Å². The van der Waals surface area contributed by atoms with Gasteiger partial charge in [-0.15, -0.1) is 0 Å². The fourth-order valence-corrected chi connectivity index (χ4v) is 2.76. The van der Waals surface area contributed by atoms with Gasteiger partial charge in [0.1, 0.15) is 5.15 Å². The van der Waals surface area contributed by atoms with Gasteiger partial charge in [-0.3, -0.25) is 9.59 Å². The molecule has 2 rings (SSSR count). The van der Waals surface area contributed by atoms with E-state index < -0.39 is 11.4 Å². The van der Waals surface area contributed by atoms with E-state index in [0.717, 1.165) is 19.3 Å². The molecule has 1 aromatic rings. The summed E-state index contributed by atoms with van der Waals surface area (Å²) in [7, 11) is 0. The highest BCUT2D eigenvalue weighted by atomic mass is 35.5. The Morgan fingerprint density at radius 1 is 1.35 bits per heavy atom. The number of nitrogens with one attached hydrogen (secondary N) is 1. The van der Waals surface area contributed by atoms with Crippen molar-refractivity contribution in [3.63, 3.8) is 0 Å². The minimum atomic E-state index is -0.829. The highest BCUT2D eigenvalue weighted by Crippen LogP contribution is 2.36. The Balaban J connectivity index is 2.02. The zero-order valence-electron chi connectivity index (χ0n) is 11.1. The standard InChI is InChI=1S/C14H17ClN2O3/c15-11-8-10(4-7-16-11)12(18)17-9-14(13(19)20)5-2-1-3-6-14/h4,7-8H,1-3,5-6,9H2,(H,17,18)(H,19,20). The summed E-state index contributed by atoms with van der Waals surface area (Å²) < 4.78 is 0. The van der Waals surface area contributed by atoms with Crippen LogP contribution in [0.4, 0.5) is 0 Å². The number of halogens is 1. The van der Waals surface area contributed by atoms with Crippen LogP contribution in [0, 0.1) is 5.41 Å². The molecule has 5 nitrogen and oxygen atoms in total. The Kier molecular flexibility index (Phi) is 4.60. The molecule has 1 amide bonds. The number of aromatic nitrogens is 1. The van der Waals surface area contributed by atoms with Crippen molar-refractivity contribution in [1.82, 2.24) is 10.3 Å². The van der Waals surface area contributed by atoms with Gasteiger partial charge in [0.2, 0.25) is 0 Å². The summed E-state index contributed by atoms with van der Waals surface area (Å²) in [5.41, 5.74) is -0.438. The number of carboxylic acid groups (broad SMARTS) is 1. The van der Waals surface area contributed by atoms with E-state index in [1.54, 1.807) is 6.07 Å².